The number of nitrogens with zero attached hydrogens (tertiary/aromatic N) is 3. The summed E-state index contributed by atoms with van der Waals surface area (Å²) in [5.41, 5.74) is 4.08. The third-order valence-corrected chi connectivity index (χ3v) is 6.22. The second kappa shape index (κ2) is 10.6. The first-order chi connectivity index (χ1) is 16.2. The lowest BCUT2D eigenvalue weighted by Gasteiger charge is -2.23. The van der Waals surface area contributed by atoms with Crippen molar-refractivity contribution < 1.29 is 22.7 Å². The maximum absolute atomic E-state index is 12.6. The SMILES string of the molecule is FC(F)(F)Oc1cccc(Sc2nnc(Cl)cc2C2=N[C@@H](Cc3ccc(Cl)cc3Cl)CON2)c1. The molecule has 0 bridgehead atoms. The molecule has 1 atom stereocenters. The van der Waals surface area contributed by atoms with Gasteiger partial charge in [-0.15, -0.1) is 23.4 Å². The summed E-state index contributed by atoms with van der Waals surface area (Å²) in [4.78, 5) is 10.7. The van der Waals surface area contributed by atoms with Crippen LogP contribution in [-0.4, -0.2) is 35.0 Å². The molecule has 2 aromatic carbocycles. The van der Waals surface area contributed by atoms with Gasteiger partial charge in [-0.2, -0.15) is 0 Å². The summed E-state index contributed by atoms with van der Waals surface area (Å²) >= 11 is 19.4. The van der Waals surface area contributed by atoms with Gasteiger partial charge in [0.15, 0.2) is 11.0 Å². The van der Waals surface area contributed by atoms with Gasteiger partial charge < -0.3 is 4.74 Å². The molecule has 0 spiro atoms. The Morgan fingerprint density at radius 3 is 2.68 bits per heavy atom. The third-order valence-electron chi connectivity index (χ3n) is 4.47. The van der Waals surface area contributed by atoms with Crippen molar-refractivity contribution in [1.29, 1.82) is 0 Å². The molecule has 6 nitrogen and oxygen atoms in total. The molecule has 34 heavy (non-hydrogen) atoms. The molecule has 1 aliphatic heterocycles. The monoisotopic (exact) mass is 548 g/mol. The van der Waals surface area contributed by atoms with Crippen molar-refractivity contribution in [3.05, 3.63) is 74.9 Å². The Bertz CT molecular complexity index is 1230. The lowest BCUT2D eigenvalue weighted by Crippen LogP contribution is -2.37. The first kappa shape index (κ1) is 24.9. The molecule has 2 heterocycles. The Hall–Kier alpha value is -2.24. The number of halogens is 6. The van der Waals surface area contributed by atoms with E-state index in [9.17, 15) is 13.2 Å². The minimum atomic E-state index is -4.80. The number of nitrogens with one attached hydrogen (secondary N) is 1. The summed E-state index contributed by atoms with van der Waals surface area (Å²) in [6, 6.07) is 12.0. The highest BCUT2D eigenvalue weighted by molar-refractivity contribution is 7.99. The number of amidine groups is 1. The third kappa shape index (κ3) is 6.67. The van der Waals surface area contributed by atoms with Crippen LogP contribution in [0.15, 0.2) is 63.4 Å². The predicted octanol–water partition coefficient (Wildman–Crippen LogP) is 6.38. The highest BCUT2D eigenvalue weighted by Crippen LogP contribution is 2.33. The molecule has 1 aliphatic rings. The van der Waals surface area contributed by atoms with Gasteiger partial charge in [0.1, 0.15) is 10.8 Å². The standard InChI is InChI=1S/C21H14Cl3F3N4O2S/c22-12-5-4-11(17(23)7-12)6-13-10-32-31-19(28-13)16-9-18(24)29-30-20(16)34-15-3-1-2-14(8-15)33-21(25,26)27/h1-5,7-9,13H,6,10H2,(H,28,31)/t13-/m0/s1. The first-order valence-electron chi connectivity index (χ1n) is 9.63. The van der Waals surface area contributed by atoms with Crippen molar-refractivity contribution in [2.45, 2.75) is 28.7 Å². The Morgan fingerprint density at radius 2 is 1.91 bits per heavy atom. The minimum absolute atomic E-state index is 0.112. The van der Waals surface area contributed by atoms with Crippen LogP contribution in [0.1, 0.15) is 11.1 Å². The summed E-state index contributed by atoms with van der Waals surface area (Å²) in [7, 11) is 0. The van der Waals surface area contributed by atoms with Crippen molar-refractivity contribution in [2.75, 3.05) is 6.61 Å². The zero-order valence-electron chi connectivity index (χ0n) is 16.9. The van der Waals surface area contributed by atoms with Gasteiger partial charge in [0.05, 0.1) is 18.2 Å². The maximum atomic E-state index is 12.6. The molecular formula is C21H14Cl3F3N4O2S. The highest BCUT2D eigenvalue weighted by atomic mass is 35.5. The van der Waals surface area contributed by atoms with Crippen LogP contribution in [0.2, 0.25) is 15.2 Å². The number of ether oxygens (including phenoxy) is 1. The number of hydrogen-bond acceptors (Lipinski definition) is 7. The van der Waals surface area contributed by atoms with Crippen molar-refractivity contribution in [2.24, 2.45) is 4.99 Å². The van der Waals surface area contributed by atoms with Crippen molar-refractivity contribution >= 4 is 52.4 Å². The average Bonchev–Trinajstić information content (AvgIpc) is 2.76. The molecule has 0 radical (unpaired) electrons. The number of aromatic nitrogens is 2. The van der Waals surface area contributed by atoms with E-state index in [4.69, 9.17) is 44.6 Å². The molecule has 1 N–H and O–H groups in total. The molecule has 0 fully saturated rings. The van der Waals surface area contributed by atoms with E-state index in [-0.39, 0.29) is 23.6 Å². The van der Waals surface area contributed by atoms with Gasteiger partial charge in [0, 0.05) is 14.9 Å². The summed E-state index contributed by atoms with van der Waals surface area (Å²) in [6.07, 6.45) is -4.30. The molecule has 0 amide bonds. The smallest absolute Gasteiger partial charge is 0.406 e. The Balaban J connectivity index is 1.60. The molecule has 13 heteroatoms. The molecule has 0 saturated carbocycles. The van der Waals surface area contributed by atoms with Crippen LogP contribution in [0.4, 0.5) is 13.2 Å². The average molecular weight is 550 g/mol. The second-order valence-corrected chi connectivity index (χ2v) is 9.29. The fourth-order valence-corrected chi connectivity index (χ4v) is 4.60. The minimum Gasteiger partial charge on any atom is -0.406 e. The highest BCUT2D eigenvalue weighted by Gasteiger charge is 2.31. The van der Waals surface area contributed by atoms with Gasteiger partial charge in [0.2, 0.25) is 0 Å². The summed E-state index contributed by atoms with van der Waals surface area (Å²) in [6.45, 7) is 0.286. The fraction of sp³-hybridized carbons (Fsp3) is 0.190. The second-order valence-electron chi connectivity index (χ2n) is 7.00. The Labute approximate surface area is 211 Å². The number of hydroxylamine groups is 1. The summed E-state index contributed by atoms with van der Waals surface area (Å²) in [5.74, 6) is 0.000627. The van der Waals surface area contributed by atoms with Gasteiger partial charge in [-0.05, 0) is 48.4 Å². The van der Waals surface area contributed by atoms with E-state index in [0.717, 1.165) is 17.3 Å². The van der Waals surface area contributed by atoms with Gasteiger partial charge in [-0.3, -0.25) is 9.83 Å². The molecule has 0 unspecified atom stereocenters. The van der Waals surface area contributed by atoms with E-state index in [1.54, 1.807) is 24.3 Å². The zero-order chi connectivity index (χ0) is 24.3. The number of aliphatic imine (C=N–C) groups is 1. The Morgan fingerprint density at radius 1 is 1.09 bits per heavy atom. The van der Waals surface area contributed by atoms with Crippen LogP contribution in [0.25, 0.3) is 0 Å². The quantitative estimate of drug-likeness (QED) is 0.385. The topological polar surface area (TPSA) is 68.6 Å². The summed E-state index contributed by atoms with van der Waals surface area (Å²) in [5, 5.41) is 9.46. The lowest BCUT2D eigenvalue weighted by molar-refractivity contribution is -0.274. The zero-order valence-corrected chi connectivity index (χ0v) is 20.0. The molecule has 178 valence electrons. The van der Waals surface area contributed by atoms with E-state index in [1.165, 1.54) is 18.2 Å². The number of alkyl halides is 3. The number of benzene rings is 2. The van der Waals surface area contributed by atoms with Crippen molar-refractivity contribution in [3.8, 4) is 5.75 Å². The first-order valence-corrected chi connectivity index (χ1v) is 11.6. The van der Waals surface area contributed by atoms with E-state index in [2.05, 4.69) is 20.4 Å². The van der Waals surface area contributed by atoms with Gasteiger partial charge in [-0.25, -0.2) is 5.48 Å². The van der Waals surface area contributed by atoms with Crippen LogP contribution in [0.5, 0.6) is 5.75 Å². The molecular weight excluding hydrogens is 536 g/mol. The predicted molar refractivity (Wildman–Crippen MR) is 124 cm³/mol. The van der Waals surface area contributed by atoms with Crippen molar-refractivity contribution in [1.82, 2.24) is 15.7 Å². The normalized spacial score (nSPS) is 16.1. The van der Waals surface area contributed by atoms with E-state index >= 15 is 0 Å². The van der Waals surface area contributed by atoms with Crippen LogP contribution in [0.3, 0.4) is 0 Å². The van der Waals surface area contributed by atoms with E-state index < -0.39 is 6.36 Å². The molecule has 3 aromatic rings. The van der Waals surface area contributed by atoms with E-state index in [1.807, 2.05) is 6.07 Å². The fourth-order valence-electron chi connectivity index (χ4n) is 3.07. The van der Waals surface area contributed by atoms with Gasteiger partial charge in [0.25, 0.3) is 0 Å². The Kier molecular flexibility index (Phi) is 7.73. The molecule has 4 rings (SSSR count). The van der Waals surface area contributed by atoms with E-state index in [0.29, 0.717) is 37.8 Å². The number of rotatable bonds is 6. The lowest BCUT2D eigenvalue weighted by atomic mass is 10.1. The number of hydrogen-bond donors (Lipinski definition) is 1. The van der Waals surface area contributed by atoms with Crippen LogP contribution in [0, 0.1) is 0 Å². The van der Waals surface area contributed by atoms with Crippen LogP contribution >= 0.6 is 46.6 Å². The molecule has 0 aliphatic carbocycles. The van der Waals surface area contributed by atoms with Crippen LogP contribution in [-0.2, 0) is 11.3 Å². The van der Waals surface area contributed by atoms with Gasteiger partial charge >= 0.3 is 6.36 Å². The maximum Gasteiger partial charge on any atom is 0.573 e. The molecule has 0 saturated heterocycles. The largest absolute Gasteiger partial charge is 0.573 e. The van der Waals surface area contributed by atoms with Crippen LogP contribution < -0.4 is 10.2 Å². The van der Waals surface area contributed by atoms with Crippen molar-refractivity contribution in [3.63, 3.8) is 0 Å². The van der Waals surface area contributed by atoms with Gasteiger partial charge in [-0.1, -0.05) is 58.7 Å². The summed E-state index contributed by atoms with van der Waals surface area (Å²) < 4.78 is 41.7. The molecule has 1 aromatic heterocycles.